The van der Waals surface area contributed by atoms with Crippen molar-refractivity contribution in [1.29, 1.82) is 0 Å². The topological polar surface area (TPSA) is 37.7 Å². The van der Waals surface area contributed by atoms with Crippen LogP contribution in [-0.2, 0) is 4.74 Å². The largest absolute Gasteiger partial charge is 0.370 e. The molecule has 3 rings (SSSR count). The molecule has 132 valence electrons. The molecule has 0 bridgehead atoms. The molecule has 1 aliphatic heterocycles. The predicted molar refractivity (Wildman–Crippen MR) is 98.0 cm³/mol. The van der Waals surface area contributed by atoms with E-state index < -0.39 is 0 Å². The molecule has 1 saturated carbocycles. The number of morpholine rings is 1. The first-order chi connectivity index (χ1) is 11.7. The minimum absolute atomic E-state index is 0.239. The standard InChI is InChI=1S/C18H26FN3OS/c19-15-4-6-16(7-5-15)21-17(24)20-14-18(8-2-1-3-9-18)22-10-12-23-13-11-22/h4-7H,1-3,8-14H2,(H2,20,21,24)/p+1. The quantitative estimate of drug-likeness (QED) is 0.722. The third-order valence-corrected chi connectivity index (χ3v) is 5.59. The van der Waals surface area contributed by atoms with E-state index in [9.17, 15) is 4.39 Å². The van der Waals surface area contributed by atoms with E-state index in [4.69, 9.17) is 17.0 Å². The van der Waals surface area contributed by atoms with E-state index in [0.717, 1.165) is 38.5 Å². The number of nitrogens with one attached hydrogen (secondary N) is 3. The van der Waals surface area contributed by atoms with Gasteiger partial charge in [0.2, 0.25) is 0 Å². The van der Waals surface area contributed by atoms with Crippen LogP contribution in [0.25, 0.3) is 0 Å². The zero-order chi connectivity index (χ0) is 16.8. The van der Waals surface area contributed by atoms with Crippen molar-refractivity contribution in [2.75, 3.05) is 38.2 Å². The van der Waals surface area contributed by atoms with Crippen molar-refractivity contribution in [1.82, 2.24) is 5.32 Å². The van der Waals surface area contributed by atoms with Crippen LogP contribution in [0.5, 0.6) is 0 Å². The van der Waals surface area contributed by atoms with Crippen LogP contribution >= 0.6 is 12.2 Å². The van der Waals surface area contributed by atoms with Crippen LogP contribution < -0.4 is 15.5 Å². The molecule has 0 spiro atoms. The van der Waals surface area contributed by atoms with E-state index in [-0.39, 0.29) is 11.4 Å². The van der Waals surface area contributed by atoms with Gasteiger partial charge in [-0.3, -0.25) is 0 Å². The minimum atomic E-state index is -0.239. The molecular formula is C18H27FN3OS+. The molecule has 0 aromatic heterocycles. The first kappa shape index (κ1) is 17.6. The molecule has 0 unspecified atom stereocenters. The van der Waals surface area contributed by atoms with Gasteiger partial charge in [0, 0.05) is 18.5 Å². The monoisotopic (exact) mass is 352 g/mol. The first-order valence-electron chi connectivity index (χ1n) is 8.91. The molecule has 4 nitrogen and oxygen atoms in total. The van der Waals surface area contributed by atoms with E-state index in [1.165, 1.54) is 44.2 Å². The average Bonchev–Trinajstić information content (AvgIpc) is 2.63. The highest BCUT2D eigenvalue weighted by molar-refractivity contribution is 7.80. The summed E-state index contributed by atoms with van der Waals surface area (Å²) in [7, 11) is 0. The van der Waals surface area contributed by atoms with Gasteiger partial charge in [0.05, 0.1) is 19.8 Å². The van der Waals surface area contributed by atoms with Gasteiger partial charge in [-0.15, -0.1) is 0 Å². The second kappa shape index (κ2) is 8.23. The van der Waals surface area contributed by atoms with Crippen molar-refractivity contribution < 1.29 is 14.0 Å². The van der Waals surface area contributed by atoms with E-state index in [1.807, 2.05) is 0 Å². The SMILES string of the molecule is Fc1ccc(NC(=S)NCC2([NH+]3CCOCC3)CCCCC2)cc1. The Hall–Kier alpha value is -1.24. The maximum absolute atomic E-state index is 13.0. The van der Waals surface area contributed by atoms with Crippen molar-refractivity contribution in [3.8, 4) is 0 Å². The predicted octanol–water partition coefficient (Wildman–Crippen LogP) is 1.73. The molecule has 2 aliphatic rings. The summed E-state index contributed by atoms with van der Waals surface area (Å²) >= 11 is 5.44. The Morgan fingerprint density at radius 2 is 1.79 bits per heavy atom. The molecule has 2 fully saturated rings. The number of hydrogen-bond donors (Lipinski definition) is 3. The molecule has 6 heteroatoms. The maximum atomic E-state index is 13.0. The van der Waals surface area contributed by atoms with E-state index >= 15 is 0 Å². The number of hydrogen-bond acceptors (Lipinski definition) is 2. The Labute approximate surface area is 148 Å². The van der Waals surface area contributed by atoms with Crippen LogP contribution in [0.3, 0.4) is 0 Å². The Morgan fingerprint density at radius 3 is 2.46 bits per heavy atom. The van der Waals surface area contributed by atoms with Gasteiger partial charge in [-0.05, 0) is 49.3 Å². The summed E-state index contributed by atoms with van der Waals surface area (Å²) in [4.78, 5) is 1.66. The molecule has 3 N–H and O–H groups in total. The summed E-state index contributed by atoms with van der Waals surface area (Å²) in [5.41, 5.74) is 1.07. The van der Waals surface area contributed by atoms with Crippen LogP contribution in [0.2, 0.25) is 0 Å². The van der Waals surface area contributed by atoms with Crippen molar-refractivity contribution in [2.45, 2.75) is 37.6 Å². The van der Waals surface area contributed by atoms with Gasteiger partial charge < -0.3 is 20.3 Å². The fourth-order valence-electron chi connectivity index (χ4n) is 3.99. The fourth-order valence-corrected chi connectivity index (χ4v) is 4.18. The Bertz CT molecular complexity index is 540. The van der Waals surface area contributed by atoms with Gasteiger partial charge in [0.15, 0.2) is 5.11 Å². The smallest absolute Gasteiger partial charge is 0.171 e. The normalized spacial score (nSPS) is 21.2. The molecule has 0 amide bonds. The lowest BCUT2D eigenvalue weighted by molar-refractivity contribution is -0.960. The number of benzene rings is 1. The highest BCUT2D eigenvalue weighted by Gasteiger charge is 2.42. The highest BCUT2D eigenvalue weighted by atomic mass is 32.1. The van der Waals surface area contributed by atoms with Crippen molar-refractivity contribution in [3.05, 3.63) is 30.1 Å². The van der Waals surface area contributed by atoms with E-state index in [1.54, 1.807) is 17.0 Å². The van der Waals surface area contributed by atoms with Gasteiger partial charge in [-0.1, -0.05) is 6.42 Å². The number of thiocarbonyl (C=S) groups is 1. The third kappa shape index (κ3) is 4.43. The van der Waals surface area contributed by atoms with Crippen LogP contribution in [0.15, 0.2) is 24.3 Å². The molecule has 1 aromatic carbocycles. The van der Waals surface area contributed by atoms with Crippen molar-refractivity contribution >= 4 is 23.0 Å². The first-order valence-corrected chi connectivity index (χ1v) is 9.32. The highest BCUT2D eigenvalue weighted by Crippen LogP contribution is 2.25. The molecule has 1 aliphatic carbocycles. The zero-order valence-corrected chi connectivity index (χ0v) is 14.9. The summed E-state index contributed by atoms with van der Waals surface area (Å²) < 4.78 is 18.5. The number of rotatable bonds is 4. The fraction of sp³-hybridized carbons (Fsp3) is 0.611. The number of ether oxygens (including phenoxy) is 1. The number of halogens is 1. The molecule has 24 heavy (non-hydrogen) atoms. The summed E-state index contributed by atoms with van der Waals surface area (Å²) in [6.45, 7) is 4.76. The maximum Gasteiger partial charge on any atom is 0.171 e. The summed E-state index contributed by atoms with van der Waals surface area (Å²) in [6, 6.07) is 6.27. The summed E-state index contributed by atoms with van der Waals surface area (Å²) in [6.07, 6.45) is 6.42. The van der Waals surface area contributed by atoms with Gasteiger partial charge in [0.25, 0.3) is 0 Å². The second-order valence-corrected chi connectivity index (χ2v) is 7.28. The minimum Gasteiger partial charge on any atom is -0.370 e. The third-order valence-electron chi connectivity index (χ3n) is 5.35. The van der Waals surface area contributed by atoms with Crippen molar-refractivity contribution in [3.63, 3.8) is 0 Å². The summed E-state index contributed by atoms with van der Waals surface area (Å²) in [5.74, 6) is -0.239. The molecule has 0 atom stereocenters. The Morgan fingerprint density at radius 1 is 1.12 bits per heavy atom. The van der Waals surface area contributed by atoms with Gasteiger partial charge >= 0.3 is 0 Å². The second-order valence-electron chi connectivity index (χ2n) is 6.87. The molecule has 1 saturated heterocycles. The van der Waals surface area contributed by atoms with Gasteiger partial charge in [-0.25, -0.2) is 4.39 Å². The van der Waals surface area contributed by atoms with Gasteiger partial charge in [-0.2, -0.15) is 0 Å². The van der Waals surface area contributed by atoms with Crippen molar-refractivity contribution in [2.24, 2.45) is 0 Å². The lowest BCUT2D eigenvalue weighted by Gasteiger charge is -2.45. The van der Waals surface area contributed by atoms with E-state index in [0.29, 0.717) is 5.11 Å². The van der Waals surface area contributed by atoms with Crippen LogP contribution in [0, 0.1) is 5.82 Å². The zero-order valence-electron chi connectivity index (χ0n) is 14.1. The molecule has 1 aromatic rings. The van der Waals surface area contributed by atoms with Crippen LogP contribution in [0.1, 0.15) is 32.1 Å². The molecule has 1 heterocycles. The Kier molecular flexibility index (Phi) is 6.03. The van der Waals surface area contributed by atoms with Gasteiger partial charge in [0.1, 0.15) is 24.4 Å². The summed E-state index contributed by atoms with van der Waals surface area (Å²) in [5, 5.41) is 7.18. The lowest BCUT2D eigenvalue weighted by atomic mass is 9.80. The average molecular weight is 352 g/mol. The Balaban J connectivity index is 1.58. The number of anilines is 1. The lowest BCUT2D eigenvalue weighted by Crippen LogP contribution is -3.23. The van der Waals surface area contributed by atoms with Crippen LogP contribution in [0.4, 0.5) is 10.1 Å². The molecular weight excluding hydrogens is 325 g/mol. The van der Waals surface area contributed by atoms with E-state index in [2.05, 4.69) is 10.6 Å². The van der Waals surface area contributed by atoms with Crippen LogP contribution in [-0.4, -0.2) is 43.5 Å². The molecule has 0 radical (unpaired) electrons. The number of quaternary nitrogens is 1.